The standard InChI is InChI=1S/C14H21BrN4O2/c1-16-13(10-5-6-12(15)21-10)14-11(20-4)9-17-19(14)8-7-18(2)3/h5-6,9,13,16H,7-8H2,1-4H3. The summed E-state index contributed by atoms with van der Waals surface area (Å²) in [7, 11) is 7.63. The quantitative estimate of drug-likeness (QED) is 0.823. The number of likely N-dealkylation sites (N-methyl/N-ethyl adjacent to an activating group) is 1. The molecule has 21 heavy (non-hydrogen) atoms. The lowest BCUT2D eigenvalue weighted by molar-refractivity contribution is 0.353. The first-order valence-corrected chi connectivity index (χ1v) is 7.53. The van der Waals surface area contributed by atoms with Gasteiger partial charge in [-0.1, -0.05) is 0 Å². The van der Waals surface area contributed by atoms with E-state index in [0.29, 0.717) is 4.67 Å². The molecule has 0 radical (unpaired) electrons. The van der Waals surface area contributed by atoms with Crippen LogP contribution in [0.4, 0.5) is 0 Å². The molecule has 0 fully saturated rings. The molecule has 2 aromatic heterocycles. The van der Waals surface area contributed by atoms with Gasteiger partial charge in [0, 0.05) is 6.54 Å². The van der Waals surface area contributed by atoms with Gasteiger partial charge in [0.25, 0.3) is 0 Å². The Morgan fingerprint density at radius 2 is 2.24 bits per heavy atom. The molecule has 1 N–H and O–H groups in total. The molecular weight excluding hydrogens is 336 g/mol. The van der Waals surface area contributed by atoms with Crippen LogP contribution in [-0.2, 0) is 6.54 Å². The van der Waals surface area contributed by atoms with Crippen LogP contribution in [0.5, 0.6) is 5.75 Å². The highest BCUT2D eigenvalue weighted by atomic mass is 79.9. The zero-order valence-electron chi connectivity index (χ0n) is 12.8. The van der Waals surface area contributed by atoms with E-state index in [-0.39, 0.29) is 6.04 Å². The lowest BCUT2D eigenvalue weighted by Crippen LogP contribution is -2.25. The summed E-state index contributed by atoms with van der Waals surface area (Å²) in [5, 5.41) is 7.70. The highest BCUT2D eigenvalue weighted by Crippen LogP contribution is 2.31. The summed E-state index contributed by atoms with van der Waals surface area (Å²) in [5.41, 5.74) is 0.962. The molecule has 116 valence electrons. The fraction of sp³-hybridized carbons (Fsp3) is 0.500. The summed E-state index contributed by atoms with van der Waals surface area (Å²) in [4.78, 5) is 2.12. The van der Waals surface area contributed by atoms with Crippen LogP contribution < -0.4 is 10.1 Å². The Labute approximate surface area is 133 Å². The van der Waals surface area contributed by atoms with Gasteiger partial charge in [-0.05, 0) is 49.2 Å². The topological polar surface area (TPSA) is 55.5 Å². The monoisotopic (exact) mass is 356 g/mol. The van der Waals surface area contributed by atoms with Gasteiger partial charge in [0.15, 0.2) is 10.4 Å². The molecule has 7 heteroatoms. The molecule has 0 spiro atoms. The third-order valence-electron chi connectivity index (χ3n) is 3.26. The summed E-state index contributed by atoms with van der Waals surface area (Å²) < 4.78 is 13.8. The predicted octanol–water partition coefficient (Wildman–Crippen LogP) is 2.12. The second kappa shape index (κ2) is 7.11. The smallest absolute Gasteiger partial charge is 0.169 e. The number of furan rings is 1. The van der Waals surface area contributed by atoms with Gasteiger partial charge in [-0.2, -0.15) is 5.10 Å². The summed E-state index contributed by atoms with van der Waals surface area (Å²) in [6, 6.07) is 3.71. The predicted molar refractivity (Wildman–Crippen MR) is 84.6 cm³/mol. The number of methoxy groups -OCH3 is 1. The van der Waals surface area contributed by atoms with Crippen molar-refractivity contribution in [2.45, 2.75) is 12.6 Å². The first kappa shape index (κ1) is 16.1. The Hall–Kier alpha value is -1.31. The molecule has 0 saturated carbocycles. The number of ether oxygens (including phenoxy) is 1. The van der Waals surface area contributed by atoms with Gasteiger partial charge < -0.3 is 19.4 Å². The molecule has 0 aliphatic heterocycles. The fourth-order valence-corrected chi connectivity index (χ4v) is 2.52. The SMILES string of the molecule is CNC(c1ccc(Br)o1)c1c(OC)cnn1CCN(C)C. The average Bonchev–Trinajstić information content (AvgIpc) is 3.05. The van der Waals surface area contributed by atoms with Crippen molar-refractivity contribution in [3.05, 3.63) is 34.5 Å². The summed E-state index contributed by atoms with van der Waals surface area (Å²) in [6.45, 7) is 1.68. The van der Waals surface area contributed by atoms with E-state index in [1.807, 2.05) is 38.0 Å². The van der Waals surface area contributed by atoms with Crippen LogP contribution in [0.15, 0.2) is 27.4 Å². The van der Waals surface area contributed by atoms with E-state index < -0.39 is 0 Å². The minimum Gasteiger partial charge on any atom is -0.493 e. The van der Waals surface area contributed by atoms with Crippen molar-refractivity contribution in [3.63, 3.8) is 0 Å². The molecule has 6 nitrogen and oxygen atoms in total. The molecule has 1 atom stereocenters. The zero-order valence-corrected chi connectivity index (χ0v) is 14.3. The van der Waals surface area contributed by atoms with Crippen LogP contribution in [-0.4, -0.2) is 49.5 Å². The van der Waals surface area contributed by atoms with Crippen molar-refractivity contribution in [3.8, 4) is 5.75 Å². The summed E-state index contributed by atoms with van der Waals surface area (Å²) in [6.07, 6.45) is 1.74. The molecule has 0 aliphatic rings. The van der Waals surface area contributed by atoms with Crippen LogP contribution in [0.3, 0.4) is 0 Å². The van der Waals surface area contributed by atoms with Gasteiger partial charge in [-0.3, -0.25) is 4.68 Å². The van der Waals surface area contributed by atoms with Crippen molar-refractivity contribution in [2.24, 2.45) is 0 Å². The number of nitrogens with zero attached hydrogens (tertiary/aromatic N) is 3. The van der Waals surface area contributed by atoms with Gasteiger partial charge in [0.2, 0.25) is 0 Å². The van der Waals surface area contributed by atoms with Crippen LogP contribution in [0.2, 0.25) is 0 Å². The third kappa shape index (κ3) is 3.66. The van der Waals surface area contributed by atoms with E-state index in [1.165, 1.54) is 0 Å². The fourth-order valence-electron chi connectivity index (χ4n) is 2.20. The first-order chi connectivity index (χ1) is 10.1. The Morgan fingerprint density at radius 1 is 1.48 bits per heavy atom. The molecule has 0 amide bonds. The normalized spacial score (nSPS) is 12.9. The van der Waals surface area contributed by atoms with Crippen molar-refractivity contribution in [1.82, 2.24) is 20.0 Å². The van der Waals surface area contributed by atoms with E-state index in [9.17, 15) is 0 Å². The number of nitrogens with one attached hydrogen (secondary N) is 1. The van der Waals surface area contributed by atoms with Crippen molar-refractivity contribution < 1.29 is 9.15 Å². The third-order valence-corrected chi connectivity index (χ3v) is 3.69. The molecule has 0 aliphatic carbocycles. The highest BCUT2D eigenvalue weighted by Gasteiger charge is 2.25. The lowest BCUT2D eigenvalue weighted by Gasteiger charge is -2.18. The van der Waals surface area contributed by atoms with Crippen molar-refractivity contribution in [1.29, 1.82) is 0 Å². The molecule has 0 aromatic carbocycles. The molecule has 2 heterocycles. The van der Waals surface area contributed by atoms with Gasteiger partial charge in [0.1, 0.15) is 17.5 Å². The van der Waals surface area contributed by atoms with Crippen LogP contribution >= 0.6 is 15.9 Å². The maximum Gasteiger partial charge on any atom is 0.169 e. The summed E-state index contributed by atoms with van der Waals surface area (Å²) >= 11 is 3.34. The van der Waals surface area contributed by atoms with Gasteiger partial charge in [-0.15, -0.1) is 0 Å². The number of hydrogen-bond acceptors (Lipinski definition) is 5. The largest absolute Gasteiger partial charge is 0.493 e. The Balaban J connectivity index is 2.36. The number of halogens is 1. The molecule has 0 bridgehead atoms. The van der Waals surface area contributed by atoms with Crippen molar-refractivity contribution in [2.75, 3.05) is 34.8 Å². The molecule has 1 unspecified atom stereocenters. The zero-order chi connectivity index (χ0) is 15.4. The minimum absolute atomic E-state index is 0.115. The minimum atomic E-state index is -0.115. The van der Waals surface area contributed by atoms with Gasteiger partial charge in [-0.25, -0.2) is 0 Å². The van der Waals surface area contributed by atoms with E-state index in [0.717, 1.165) is 30.3 Å². The van der Waals surface area contributed by atoms with Crippen LogP contribution in [0.1, 0.15) is 17.5 Å². The van der Waals surface area contributed by atoms with Gasteiger partial charge in [0.05, 0.1) is 19.9 Å². The van der Waals surface area contributed by atoms with E-state index >= 15 is 0 Å². The number of aromatic nitrogens is 2. The molecule has 2 aromatic rings. The van der Waals surface area contributed by atoms with E-state index in [2.05, 4.69) is 31.2 Å². The lowest BCUT2D eigenvalue weighted by atomic mass is 10.1. The molecule has 0 saturated heterocycles. The van der Waals surface area contributed by atoms with Crippen molar-refractivity contribution >= 4 is 15.9 Å². The maximum atomic E-state index is 5.69. The summed E-state index contributed by atoms with van der Waals surface area (Å²) in [5.74, 6) is 1.56. The van der Waals surface area contributed by atoms with Crippen LogP contribution in [0.25, 0.3) is 0 Å². The second-order valence-corrected chi connectivity index (χ2v) is 5.77. The average molecular weight is 357 g/mol. The second-order valence-electron chi connectivity index (χ2n) is 4.99. The highest BCUT2D eigenvalue weighted by molar-refractivity contribution is 9.10. The van der Waals surface area contributed by atoms with Crippen LogP contribution in [0, 0.1) is 0 Å². The van der Waals surface area contributed by atoms with E-state index in [4.69, 9.17) is 9.15 Å². The Morgan fingerprint density at radius 3 is 2.76 bits per heavy atom. The van der Waals surface area contributed by atoms with E-state index in [1.54, 1.807) is 13.3 Å². The first-order valence-electron chi connectivity index (χ1n) is 6.73. The molecular formula is C14H21BrN4O2. The number of hydrogen-bond donors (Lipinski definition) is 1. The molecule has 2 rings (SSSR count). The number of rotatable bonds is 7. The Bertz CT molecular complexity index is 579. The Kier molecular flexibility index (Phi) is 5.44. The maximum absolute atomic E-state index is 5.69. The van der Waals surface area contributed by atoms with Gasteiger partial charge >= 0.3 is 0 Å².